The van der Waals surface area contributed by atoms with E-state index >= 15 is 0 Å². The fraction of sp³-hybridized carbons (Fsp3) is 0.300. The molecule has 80 valence electrons. The van der Waals surface area contributed by atoms with Gasteiger partial charge >= 0.3 is 0 Å². The fourth-order valence-corrected chi connectivity index (χ4v) is 2.82. The molecule has 0 bridgehead atoms. The summed E-state index contributed by atoms with van der Waals surface area (Å²) in [6.07, 6.45) is 0.508. The van der Waals surface area contributed by atoms with Crippen LogP contribution in [0.3, 0.4) is 0 Å². The van der Waals surface area contributed by atoms with E-state index in [1.165, 1.54) is 0 Å². The second kappa shape index (κ2) is 5.15. The van der Waals surface area contributed by atoms with Crippen molar-refractivity contribution in [2.24, 2.45) is 0 Å². The Labute approximate surface area is 96.3 Å². The van der Waals surface area contributed by atoms with Gasteiger partial charge in [0.1, 0.15) is 5.25 Å². The first-order valence-electron chi connectivity index (χ1n) is 4.46. The predicted molar refractivity (Wildman–Crippen MR) is 62.0 cm³/mol. The Hall–Kier alpha value is -1.05. The fourth-order valence-electron chi connectivity index (χ4n) is 1.17. The molecular formula is C10H11ClN2OS. The zero-order valence-electron chi connectivity index (χ0n) is 8.24. The maximum atomic E-state index is 12.0. The van der Waals surface area contributed by atoms with Crippen molar-refractivity contribution in [3.8, 4) is 6.07 Å². The number of hydrogen-bond acceptors (Lipinski definition) is 3. The number of nitrogen functional groups attached to an aromatic ring is 1. The van der Waals surface area contributed by atoms with Crippen LogP contribution < -0.4 is 5.73 Å². The Morgan fingerprint density at radius 3 is 2.80 bits per heavy atom. The smallest absolute Gasteiger partial charge is 0.126 e. The number of anilines is 1. The number of nitriles is 1. The van der Waals surface area contributed by atoms with Gasteiger partial charge < -0.3 is 5.73 Å². The number of benzene rings is 1. The topological polar surface area (TPSA) is 66.9 Å². The Balaban J connectivity index is 3.17. The summed E-state index contributed by atoms with van der Waals surface area (Å²) in [5, 5.41) is 8.60. The van der Waals surface area contributed by atoms with E-state index < -0.39 is 16.0 Å². The largest absolute Gasteiger partial charge is 0.398 e. The van der Waals surface area contributed by atoms with E-state index in [4.69, 9.17) is 22.6 Å². The second-order valence-electron chi connectivity index (χ2n) is 2.98. The van der Waals surface area contributed by atoms with Crippen LogP contribution in [0.5, 0.6) is 0 Å². The predicted octanol–water partition coefficient (Wildman–Crippen LogP) is 2.33. The van der Waals surface area contributed by atoms with Crippen LogP contribution in [-0.4, -0.2) is 9.46 Å². The number of halogens is 1. The van der Waals surface area contributed by atoms with Crippen molar-refractivity contribution in [2.75, 3.05) is 5.73 Å². The van der Waals surface area contributed by atoms with Crippen molar-refractivity contribution in [1.82, 2.24) is 0 Å². The Bertz CT molecular complexity index is 408. The summed E-state index contributed by atoms with van der Waals surface area (Å²) >= 11 is 5.90. The van der Waals surface area contributed by atoms with Gasteiger partial charge in [0.25, 0.3) is 0 Å². The van der Waals surface area contributed by atoms with E-state index in [-0.39, 0.29) is 0 Å². The van der Waals surface area contributed by atoms with Crippen LogP contribution in [0.15, 0.2) is 23.1 Å². The van der Waals surface area contributed by atoms with Crippen LogP contribution in [0, 0.1) is 11.3 Å². The van der Waals surface area contributed by atoms with Crippen molar-refractivity contribution < 1.29 is 4.21 Å². The van der Waals surface area contributed by atoms with Crippen LogP contribution in [0.1, 0.15) is 13.3 Å². The summed E-state index contributed by atoms with van der Waals surface area (Å²) in [4.78, 5) is 0.368. The molecule has 1 aromatic carbocycles. The highest BCUT2D eigenvalue weighted by Crippen LogP contribution is 2.28. The standard InChI is InChI=1S/C10H11ClN2OS/c1-2-7(6-12)15(14)10-8(11)4-3-5-9(10)13/h3-5,7H,2,13H2,1H3. The summed E-state index contributed by atoms with van der Waals surface area (Å²) in [5.41, 5.74) is 6.05. The average molecular weight is 243 g/mol. The van der Waals surface area contributed by atoms with Crippen LogP contribution in [0.25, 0.3) is 0 Å². The molecular weight excluding hydrogens is 232 g/mol. The van der Waals surface area contributed by atoms with E-state index in [0.29, 0.717) is 22.0 Å². The lowest BCUT2D eigenvalue weighted by Gasteiger charge is -2.10. The van der Waals surface area contributed by atoms with Gasteiger partial charge in [-0.15, -0.1) is 0 Å². The summed E-state index contributed by atoms with van der Waals surface area (Å²) in [6.45, 7) is 1.80. The van der Waals surface area contributed by atoms with Crippen molar-refractivity contribution in [1.29, 1.82) is 5.26 Å². The van der Waals surface area contributed by atoms with Gasteiger partial charge in [-0.1, -0.05) is 24.6 Å². The molecule has 2 atom stereocenters. The van der Waals surface area contributed by atoms with Crippen molar-refractivity contribution in [3.05, 3.63) is 23.2 Å². The zero-order chi connectivity index (χ0) is 11.4. The number of nitrogens with zero attached hydrogens (tertiary/aromatic N) is 1. The number of hydrogen-bond donors (Lipinski definition) is 1. The molecule has 2 unspecified atom stereocenters. The summed E-state index contributed by atoms with van der Waals surface area (Å²) in [5.74, 6) is 0. The third kappa shape index (κ3) is 2.49. The molecule has 5 heteroatoms. The highest BCUT2D eigenvalue weighted by molar-refractivity contribution is 7.86. The first-order chi connectivity index (χ1) is 7.11. The van der Waals surface area contributed by atoms with Gasteiger partial charge in [-0.05, 0) is 18.6 Å². The van der Waals surface area contributed by atoms with Gasteiger partial charge in [-0.3, -0.25) is 4.21 Å². The van der Waals surface area contributed by atoms with E-state index in [9.17, 15) is 4.21 Å². The van der Waals surface area contributed by atoms with E-state index in [1.807, 2.05) is 6.07 Å². The number of nitrogens with two attached hydrogens (primary N) is 1. The van der Waals surface area contributed by atoms with Gasteiger partial charge in [0.2, 0.25) is 0 Å². The normalized spacial score (nSPS) is 14.2. The molecule has 0 aliphatic rings. The Morgan fingerprint density at radius 1 is 1.67 bits per heavy atom. The first kappa shape index (κ1) is 12.0. The molecule has 0 radical (unpaired) electrons. The van der Waals surface area contributed by atoms with Gasteiger partial charge in [0, 0.05) is 5.69 Å². The molecule has 1 rings (SSSR count). The van der Waals surface area contributed by atoms with E-state index in [0.717, 1.165) is 0 Å². The zero-order valence-corrected chi connectivity index (χ0v) is 9.81. The molecule has 0 spiro atoms. The molecule has 3 nitrogen and oxygen atoms in total. The lowest BCUT2D eigenvalue weighted by molar-refractivity contribution is 0.676. The van der Waals surface area contributed by atoms with Gasteiger partial charge in [0.05, 0.1) is 26.8 Å². The summed E-state index contributed by atoms with van der Waals surface area (Å²) in [7, 11) is -1.46. The molecule has 0 amide bonds. The molecule has 0 aliphatic heterocycles. The molecule has 0 aromatic heterocycles. The highest BCUT2D eigenvalue weighted by atomic mass is 35.5. The van der Waals surface area contributed by atoms with Crippen LogP contribution in [0.4, 0.5) is 5.69 Å². The minimum absolute atomic E-state index is 0.349. The van der Waals surface area contributed by atoms with E-state index in [2.05, 4.69) is 0 Å². The molecule has 1 aromatic rings. The van der Waals surface area contributed by atoms with Crippen LogP contribution >= 0.6 is 11.6 Å². The second-order valence-corrected chi connectivity index (χ2v) is 4.96. The van der Waals surface area contributed by atoms with Crippen LogP contribution in [0.2, 0.25) is 5.02 Å². The lowest BCUT2D eigenvalue weighted by Crippen LogP contribution is -2.13. The average Bonchev–Trinajstić information content (AvgIpc) is 2.19. The Morgan fingerprint density at radius 2 is 2.33 bits per heavy atom. The van der Waals surface area contributed by atoms with Crippen molar-refractivity contribution in [3.63, 3.8) is 0 Å². The minimum Gasteiger partial charge on any atom is -0.398 e. The van der Waals surface area contributed by atoms with Gasteiger partial charge in [-0.25, -0.2) is 0 Å². The maximum Gasteiger partial charge on any atom is 0.126 e. The van der Waals surface area contributed by atoms with Crippen LogP contribution in [-0.2, 0) is 10.8 Å². The maximum absolute atomic E-state index is 12.0. The third-order valence-electron chi connectivity index (χ3n) is 1.97. The molecule has 0 saturated heterocycles. The molecule has 0 aliphatic carbocycles. The lowest BCUT2D eigenvalue weighted by atomic mass is 10.3. The monoisotopic (exact) mass is 242 g/mol. The van der Waals surface area contributed by atoms with Gasteiger partial charge in [0.15, 0.2) is 0 Å². The van der Waals surface area contributed by atoms with Gasteiger partial charge in [-0.2, -0.15) is 5.26 Å². The molecule has 0 saturated carbocycles. The number of rotatable bonds is 3. The van der Waals surface area contributed by atoms with E-state index in [1.54, 1.807) is 25.1 Å². The first-order valence-corrected chi connectivity index (χ1v) is 6.05. The summed E-state index contributed by atoms with van der Waals surface area (Å²) in [6, 6.07) is 6.92. The molecule has 2 N–H and O–H groups in total. The third-order valence-corrected chi connectivity index (χ3v) is 4.21. The quantitative estimate of drug-likeness (QED) is 0.828. The van der Waals surface area contributed by atoms with Crippen molar-refractivity contribution in [2.45, 2.75) is 23.5 Å². The van der Waals surface area contributed by atoms with Crippen molar-refractivity contribution >= 4 is 28.1 Å². The minimum atomic E-state index is -1.46. The highest BCUT2D eigenvalue weighted by Gasteiger charge is 2.20. The SMILES string of the molecule is CCC(C#N)S(=O)c1c(N)cccc1Cl. The Kier molecular flexibility index (Phi) is 4.13. The molecule has 15 heavy (non-hydrogen) atoms. The summed E-state index contributed by atoms with van der Waals surface area (Å²) < 4.78 is 12.0. The molecule has 0 heterocycles. The molecule has 0 fully saturated rings.